The second kappa shape index (κ2) is 4.93. The van der Waals surface area contributed by atoms with Gasteiger partial charge in [0.1, 0.15) is 15.9 Å². The molecule has 0 aromatic heterocycles. The Morgan fingerprint density at radius 1 is 1.21 bits per heavy atom. The van der Waals surface area contributed by atoms with E-state index >= 15 is 0 Å². The van der Waals surface area contributed by atoms with Crippen LogP contribution in [0.15, 0.2) is 0 Å². The van der Waals surface area contributed by atoms with Crippen molar-refractivity contribution in [3.05, 3.63) is 0 Å². The molecular formula is C10H15F3N2O3S. The van der Waals surface area contributed by atoms with Crippen molar-refractivity contribution in [3.63, 3.8) is 0 Å². The van der Waals surface area contributed by atoms with Crippen molar-refractivity contribution in [1.29, 1.82) is 0 Å². The zero-order valence-electron chi connectivity index (χ0n) is 10.1. The first-order chi connectivity index (χ1) is 8.69. The highest BCUT2D eigenvalue weighted by Gasteiger charge is 2.48. The summed E-state index contributed by atoms with van der Waals surface area (Å²) in [6.07, 6.45) is -4.12. The van der Waals surface area contributed by atoms with Crippen molar-refractivity contribution in [3.8, 4) is 0 Å². The molecule has 0 radical (unpaired) electrons. The van der Waals surface area contributed by atoms with Gasteiger partial charge in [0.15, 0.2) is 0 Å². The number of amides is 1. The van der Waals surface area contributed by atoms with Crippen molar-refractivity contribution in [2.45, 2.75) is 31.1 Å². The van der Waals surface area contributed by atoms with Gasteiger partial charge in [0.25, 0.3) is 0 Å². The molecule has 2 aliphatic rings. The summed E-state index contributed by atoms with van der Waals surface area (Å²) in [6, 6.07) is -2.22. The molecule has 2 saturated heterocycles. The number of rotatable bonds is 1. The molecule has 2 heterocycles. The normalized spacial score (nSPS) is 30.1. The third kappa shape index (κ3) is 3.38. The van der Waals surface area contributed by atoms with Crippen molar-refractivity contribution >= 4 is 15.7 Å². The van der Waals surface area contributed by atoms with Gasteiger partial charge in [0, 0.05) is 12.6 Å². The summed E-state index contributed by atoms with van der Waals surface area (Å²) in [5, 5.41) is 2.21. The average molecular weight is 300 g/mol. The summed E-state index contributed by atoms with van der Waals surface area (Å²) in [6.45, 7) is -0.791. The second-order valence-corrected chi connectivity index (χ2v) is 7.22. The Balaban J connectivity index is 2.12. The van der Waals surface area contributed by atoms with Gasteiger partial charge in [-0.15, -0.1) is 0 Å². The second-order valence-electron chi connectivity index (χ2n) is 4.92. The monoisotopic (exact) mass is 300 g/mol. The average Bonchev–Trinajstić information content (AvgIpc) is 2.27. The first-order valence-electron chi connectivity index (χ1n) is 5.98. The predicted octanol–water partition coefficient (Wildman–Crippen LogP) is -0.0737. The molecule has 1 amide bonds. The zero-order chi connectivity index (χ0) is 14.3. The van der Waals surface area contributed by atoms with E-state index in [9.17, 15) is 26.4 Å². The minimum atomic E-state index is -4.43. The Kier molecular flexibility index (Phi) is 3.78. The summed E-state index contributed by atoms with van der Waals surface area (Å²) in [5.41, 5.74) is 0. The number of halogens is 3. The molecule has 0 bridgehead atoms. The number of nitrogens with one attached hydrogen (secondary N) is 1. The Morgan fingerprint density at radius 3 is 2.32 bits per heavy atom. The third-order valence-corrected chi connectivity index (χ3v) is 5.31. The molecule has 2 rings (SSSR count). The number of alkyl halides is 3. The molecule has 0 aromatic carbocycles. The minimum absolute atomic E-state index is 0.111. The Hall–Kier alpha value is -0.830. The van der Waals surface area contributed by atoms with Crippen molar-refractivity contribution < 1.29 is 26.4 Å². The Morgan fingerprint density at radius 2 is 1.79 bits per heavy atom. The lowest BCUT2D eigenvalue weighted by molar-refractivity contribution is -0.195. The first-order valence-corrected chi connectivity index (χ1v) is 7.81. The van der Waals surface area contributed by atoms with Crippen molar-refractivity contribution in [2.75, 3.05) is 24.6 Å². The zero-order valence-corrected chi connectivity index (χ0v) is 10.9. The SMILES string of the molecule is O=C1CN(C2CCS(=O)(=O)CC2)C(C(F)(F)F)CN1. The van der Waals surface area contributed by atoms with Crippen LogP contribution in [0.2, 0.25) is 0 Å². The van der Waals surface area contributed by atoms with E-state index < -0.39 is 40.5 Å². The molecule has 1 N–H and O–H groups in total. The number of carbonyl (C=O) groups is 1. The van der Waals surface area contributed by atoms with Crippen LogP contribution in [0.3, 0.4) is 0 Å². The van der Waals surface area contributed by atoms with Crippen LogP contribution in [0, 0.1) is 0 Å². The van der Waals surface area contributed by atoms with Crippen molar-refractivity contribution in [1.82, 2.24) is 10.2 Å². The highest BCUT2D eigenvalue weighted by atomic mass is 32.2. The van der Waals surface area contributed by atoms with Gasteiger partial charge in [-0.2, -0.15) is 13.2 Å². The van der Waals surface area contributed by atoms with Gasteiger partial charge in [0.2, 0.25) is 5.91 Å². The molecule has 9 heteroatoms. The van der Waals surface area contributed by atoms with Crippen molar-refractivity contribution in [2.24, 2.45) is 0 Å². The lowest BCUT2D eigenvalue weighted by Gasteiger charge is -2.42. The van der Waals surface area contributed by atoms with Crippen LogP contribution in [0.5, 0.6) is 0 Å². The molecule has 0 aromatic rings. The van der Waals surface area contributed by atoms with Crippen LogP contribution < -0.4 is 5.32 Å². The molecule has 0 aliphatic carbocycles. The molecule has 1 unspecified atom stereocenters. The molecule has 1 atom stereocenters. The van der Waals surface area contributed by atoms with E-state index in [-0.39, 0.29) is 30.9 Å². The summed E-state index contributed by atoms with van der Waals surface area (Å²) < 4.78 is 61.3. The molecule has 0 spiro atoms. The van der Waals surface area contributed by atoms with E-state index in [1.165, 1.54) is 0 Å². The summed E-state index contributed by atoms with van der Waals surface area (Å²) in [5.74, 6) is -0.672. The standard InChI is InChI=1S/C10H15F3N2O3S/c11-10(12,13)8-5-14-9(16)6-15(8)7-1-3-19(17,18)4-2-7/h7-8H,1-6H2,(H,14,16). The smallest absolute Gasteiger partial charge is 0.353 e. The van der Waals surface area contributed by atoms with Crippen LogP contribution in [0.4, 0.5) is 13.2 Å². The lowest BCUT2D eigenvalue weighted by Crippen LogP contribution is -2.63. The van der Waals surface area contributed by atoms with E-state index in [0.717, 1.165) is 4.90 Å². The van der Waals surface area contributed by atoms with Gasteiger partial charge in [-0.05, 0) is 12.8 Å². The fourth-order valence-corrected chi connectivity index (χ4v) is 4.02. The van der Waals surface area contributed by atoms with Gasteiger partial charge in [-0.25, -0.2) is 8.42 Å². The lowest BCUT2D eigenvalue weighted by atomic mass is 10.0. The van der Waals surface area contributed by atoms with Gasteiger partial charge in [-0.3, -0.25) is 9.69 Å². The topological polar surface area (TPSA) is 66.5 Å². The molecular weight excluding hydrogens is 285 g/mol. The number of hydrogen-bond acceptors (Lipinski definition) is 4. The van der Waals surface area contributed by atoms with E-state index in [2.05, 4.69) is 5.32 Å². The van der Waals surface area contributed by atoms with Gasteiger partial charge < -0.3 is 5.32 Å². The number of piperazine rings is 1. The van der Waals surface area contributed by atoms with Crippen LogP contribution in [-0.4, -0.2) is 62.1 Å². The minimum Gasteiger partial charge on any atom is -0.353 e. The molecule has 19 heavy (non-hydrogen) atoms. The summed E-state index contributed by atoms with van der Waals surface area (Å²) in [4.78, 5) is 12.4. The number of sulfone groups is 1. The fraction of sp³-hybridized carbons (Fsp3) is 0.900. The molecule has 110 valence electrons. The Labute approximate surface area is 109 Å². The van der Waals surface area contributed by atoms with Gasteiger partial charge in [0.05, 0.1) is 18.1 Å². The fourth-order valence-electron chi connectivity index (χ4n) is 2.56. The summed E-state index contributed by atoms with van der Waals surface area (Å²) in [7, 11) is -3.13. The number of nitrogens with zero attached hydrogens (tertiary/aromatic N) is 1. The maximum absolute atomic E-state index is 12.9. The largest absolute Gasteiger partial charge is 0.405 e. The van der Waals surface area contributed by atoms with E-state index in [1.54, 1.807) is 0 Å². The van der Waals surface area contributed by atoms with Gasteiger partial charge >= 0.3 is 6.18 Å². The molecule has 0 saturated carbocycles. The van der Waals surface area contributed by atoms with E-state index in [1.807, 2.05) is 0 Å². The van der Waals surface area contributed by atoms with Gasteiger partial charge in [-0.1, -0.05) is 0 Å². The van der Waals surface area contributed by atoms with Crippen LogP contribution in [0.25, 0.3) is 0 Å². The van der Waals surface area contributed by atoms with Crippen LogP contribution >= 0.6 is 0 Å². The number of carbonyl (C=O) groups excluding carboxylic acids is 1. The van der Waals surface area contributed by atoms with E-state index in [0.29, 0.717) is 0 Å². The van der Waals surface area contributed by atoms with E-state index in [4.69, 9.17) is 0 Å². The highest BCUT2D eigenvalue weighted by Crippen LogP contribution is 2.30. The summed E-state index contributed by atoms with van der Waals surface area (Å²) >= 11 is 0. The maximum Gasteiger partial charge on any atom is 0.405 e. The molecule has 5 nitrogen and oxygen atoms in total. The van der Waals surface area contributed by atoms with Crippen LogP contribution in [-0.2, 0) is 14.6 Å². The molecule has 2 fully saturated rings. The quantitative estimate of drug-likeness (QED) is 0.736. The third-order valence-electron chi connectivity index (χ3n) is 3.59. The first kappa shape index (κ1) is 14.6. The maximum atomic E-state index is 12.9. The highest BCUT2D eigenvalue weighted by molar-refractivity contribution is 7.91. The Bertz CT molecular complexity index is 449. The number of hydrogen-bond donors (Lipinski definition) is 1. The predicted molar refractivity (Wildman–Crippen MR) is 61.2 cm³/mol. The molecule has 2 aliphatic heterocycles. The van der Waals surface area contributed by atoms with Crippen LogP contribution in [0.1, 0.15) is 12.8 Å².